The molecule has 2 nitrogen and oxygen atoms in total. The second-order valence-corrected chi connectivity index (χ2v) is 4.73. The molecule has 0 spiro atoms. The number of hydrogen-bond donors (Lipinski definition) is 1. The van der Waals surface area contributed by atoms with Gasteiger partial charge in [0.1, 0.15) is 0 Å². The van der Waals surface area contributed by atoms with E-state index >= 15 is 0 Å². The first kappa shape index (κ1) is 8.09. The van der Waals surface area contributed by atoms with Gasteiger partial charge in [0.05, 0.1) is 0 Å². The van der Waals surface area contributed by atoms with E-state index in [1.165, 1.54) is 6.42 Å². The Labute approximate surface area is 73.7 Å². The topological polar surface area (TPSA) is 29.1 Å². The van der Waals surface area contributed by atoms with Crippen LogP contribution < -0.4 is 5.32 Å². The minimum Gasteiger partial charge on any atom is -0.353 e. The van der Waals surface area contributed by atoms with Crippen molar-refractivity contribution in [2.75, 3.05) is 0 Å². The van der Waals surface area contributed by atoms with Crippen LogP contribution >= 0.6 is 0 Å². The maximum Gasteiger partial charge on any atom is 0.220 e. The van der Waals surface area contributed by atoms with Crippen LogP contribution in [0.1, 0.15) is 33.6 Å². The van der Waals surface area contributed by atoms with E-state index in [1.807, 2.05) is 0 Å². The van der Waals surface area contributed by atoms with Gasteiger partial charge in [-0.3, -0.25) is 4.79 Å². The van der Waals surface area contributed by atoms with Crippen molar-refractivity contribution in [2.24, 2.45) is 17.3 Å². The van der Waals surface area contributed by atoms with Crippen LogP contribution in [-0.2, 0) is 4.79 Å². The molecule has 0 bridgehead atoms. The van der Waals surface area contributed by atoms with Crippen molar-refractivity contribution in [1.29, 1.82) is 0 Å². The quantitative estimate of drug-likeness (QED) is 0.631. The van der Waals surface area contributed by atoms with Gasteiger partial charge < -0.3 is 5.32 Å². The van der Waals surface area contributed by atoms with Gasteiger partial charge in [0.15, 0.2) is 0 Å². The second-order valence-electron chi connectivity index (χ2n) is 4.73. The summed E-state index contributed by atoms with van der Waals surface area (Å²) in [5.74, 6) is 1.68. The molecule has 2 rings (SSSR count). The third-order valence-corrected chi connectivity index (χ3v) is 3.81. The highest BCUT2D eigenvalue weighted by Gasteiger charge is 2.61. The summed E-state index contributed by atoms with van der Waals surface area (Å²) in [6.45, 7) is 6.61. The van der Waals surface area contributed by atoms with Gasteiger partial charge in [0.25, 0.3) is 0 Å². The average molecular weight is 167 g/mol. The lowest BCUT2D eigenvalue weighted by atomic mass is 9.82. The molecule has 1 aliphatic carbocycles. The van der Waals surface area contributed by atoms with Gasteiger partial charge in [-0.15, -0.1) is 0 Å². The zero-order valence-corrected chi connectivity index (χ0v) is 8.05. The zero-order valence-electron chi connectivity index (χ0n) is 8.05. The molecule has 1 saturated heterocycles. The Hall–Kier alpha value is -0.530. The number of piperidine rings is 1. The van der Waals surface area contributed by atoms with E-state index in [2.05, 4.69) is 26.1 Å². The van der Waals surface area contributed by atoms with Gasteiger partial charge in [-0.1, -0.05) is 13.8 Å². The van der Waals surface area contributed by atoms with Crippen molar-refractivity contribution in [3.8, 4) is 0 Å². The predicted octanol–water partition coefficient (Wildman–Crippen LogP) is 1.56. The minimum absolute atomic E-state index is 0.255. The Bertz CT molecular complexity index is 224. The van der Waals surface area contributed by atoms with Crippen molar-refractivity contribution in [2.45, 2.75) is 39.7 Å². The van der Waals surface area contributed by atoms with E-state index < -0.39 is 0 Å². The molecule has 2 heteroatoms. The molecule has 0 radical (unpaired) electrons. The van der Waals surface area contributed by atoms with E-state index in [-0.39, 0.29) is 5.91 Å². The monoisotopic (exact) mass is 167 g/mol. The molecule has 1 amide bonds. The maximum absolute atomic E-state index is 11.3. The first-order valence-electron chi connectivity index (χ1n) is 4.85. The van der Waals surface area contributed by atoms with Crippen molar-refractivity contribution in [3.63, 3.8) is 0 Å². The highest BCUT2D eigenvalue weighted by Crippen LogP contribution is 2.63. The number of carbonyl (C=O) groups excluding carboxylic acids is 1. The van der Waals surface area contributed by atoms with Gasteiger partial charge in [-0.25, -0.2) is 0 Å². The molecule has 1 heterocycles. The van der Waals surface area contributed by atoms with Gasteiger partial charge in [0, 0.05) is 12.5 Å². The summed E-state index contributed by atoms with van der Waals surface area (Å²) < 4.78 is 0. The lowest BCUT2D eigenvalue weighted by Crippen LogP contribution is -2.43. The van der Waals surface area contributed by atoms with Crippen LogP contribution in [0.3, 0.4) is 0 Å². The molecule has 1 saturated carbocycles. The van der Waals surface area contributed by atoms with E-state index in [0.717, 1.165) is 12.3 Å². The van der Waals surface area contributed by atoms with E-state index in [4.69, 9.17) is 0 Å². The van der Waals surface area contributed by atoms with Crippen molar-refractivity contribution in [3.05, 3.63) is 0 Å². The highest BCUT2D eigenvalue weighted by molar-refractivity contribution is 5.79. The number of amides is 1. The minimum atomic E-state index is 0.255. The second kappa shape index (κ2) is 2.24. The molecule has 12 heavy (non-hydrogen) atoms. The standard InChI is InChI=1S/C10H17NO/c1-6(2)10-4-8(10)7(3)11-9(12)5-10/h6-8H,4-5H2,1-3H3,(H,11,12)/t7-,8-,10+/m1/s1. The largest absolute Gasteiger partial charge is 0.353 e. The lowest BCUT2D eigenvalue weighted by Gasteiger charge is -2.29. The normalized spacial score (nSPS) is 45.5. The Kier molecular flexibility index (Phi) is 1.51. The molecule has 1 aliphatic heterocycles. The smallest absolute Gasteiger partial charge is 0.220 e. The zero-order chi connectivity index (χ0) is 8.93. The van der Waals surface area contributed by atoms with E-state index in [9.17, 15) is 4.79 Å². The first-order valence-corrected chi connectivity index (χ1v) is 4.85. The van der Waals surface area contributed by atoms with Crippen molar-refractivity contribution < 1.29 is 4.79 Å². The molecule has 0 aromatic heterocycles. The van der Waals surface area contributed by atoms with Crippen LogP contribution in [0.15, 0.2) is 0 Å². The number of rotatable bonds is 1. The van der Waals surface area contributed by atoms with Crippen molar-refractivity contribution in [1.82, 2.24) is 5.32 Å². The maximum atomic E-state index is 11.3. The first-order chi connectivity index (χ1) is 5.56. The van der Waals surface area contributed by atoms with Crippen LogP contribution in [0.2, 0.25) is 0 Å². The Morgan fingerprint density at radius 2 is 2.25 bits per heavy atom. The van der Waals surface area contributed by atoms with Gasteiger partial charge in [-0.2, -0.15) is 0 Å². The van der Waals surface area contributed by atoms with Gasteiger partial charge in [-0.05, 0) is 30.6 Å². The van der Waals surface area contributed by atoms with Crippen LogP contribution in [0.5, 0.6) is 0 Å². The third kappa shape index (κ3) is 0.900. The SMILES string of the molecule is CC(C)[C@]12CC(=O)N[C@H](C)[C@H]1C2. The summed E-state index contributed by atoms with van der Waals surface area (Å²) in [5, 5.41) is 3.01. The molecular formula is C10H17NO. The summed E-state index contributed by atoms with van der Waals surface area (Å²) >= 11 is 0. The van der Waals surface area contributed by atoms with Crippen LogP contribution in [0, 0.1) is 17.3 Å². The molecule has 0 aromatic carbocycles. The summed E-state index contributed by atoms with van der Waals surface area (Å²) in [6.07, 6.45) is 2.02. The molecule has 2 aliphatic rings. The van der Waals surface area contributed by atoms with Crippen LogP contribution in [-0.4, -0.2) is 11.9 Å². The molecule has 0 aromatic rings. The fourth-order valence-electron chi connectivity index (χ4n) is 2.80. The molecule has 0 unspecified atom stereocenters. The lowest BCUT2D eigenvalue weighted by molar-refractivity contribution is -0.125. The van der Waals surface area contributed by atoms with E-state index in [1.54, 1.807) is 0 Å². The summed E-state index contributed by atoms with van der Waals surface area (Å²) in [6, 6.07) is 0.411. The van der Waals surface area contributed by atoms with E-state index in [0.29, 0.717) is 17.4 Å². The van der Waals surface area contributed by atoms with Gasteiger partial charge >= 0.3 is 0 Å². The number of hydrogen-bond acceptors (Lipinski definition) is 1. The summed E-state index contributed by atoms with van der Waals surface area (Å²) in [4.78, 5) is 11.3. The molecule has 3 atom stereocenters. The average Bonchev–Trinajstić information content (AvgIpc) is 2.63. The van der Waals surface area contributed by atoms with Crippen molar-refractivity contribution >= 4 is 5.91 Å². The molecule has 1 N–H and O–H groups in total. The summed E-state index contributed by atoms with van der Waals surface area (Å²) in [5.41, 5.74) is 0.377. The highest BCUT2D eigenvalue weighted by atomic mass is 16.1. The molecular weight excluding hydrogens is 150 g/mol. The predicted molar refractivity (Wildman–Crippen MR) is 47.6 cm³/mol. The Morgan fingerprint density at radius 3 is 2.83 bits per heavy atom. The Balaban J connectivity index is 2.17. The fourth-order valence-corrected chi connectivity index (χ4v) is 2.80. The third-order valence-electron chi connectivity index (χ3n) is 3.81. The fraction of sp³-hybridized carbons (Fsp3) is 0.900. The molecule has 68 valence electrons. The number of carbonyl (C=O) groups is 1. The summed E-state index contributed by atoms with van der Waals surface area (Å²) in [7, 11) is 0. The Morgan fingerprint density at radius 1 is 1.58 bits per heavy atom. The van der Waals surface area contributed by atoms with Crippen LogP contribution in [0.4, 0.5) is 0 Å². The number of fused-ring (bicyclic) bond motifs is 1. The van der Waals surface area contributed by atoms with Crippen LogP contribution in [0.25, 0.3) is 0 Å². The molecule has 2 fully saturated rings. The van der Waals surface area contributed by atoms with Gasteiger partial charge in [0.2, 0.25) is 5.91 Å². The number of nitrogens with one attached hydrogen (secondary N) is 1.